The molecule has 0 amide bonds. The van der Waals surface area contributed by atoms with Crippen LogP contribution in [0, 0.1) is 56.7 Å². The lowest BCUT2D eigenvalue weighted by atomic mass is 10.2. The molecule has 8 heteroatoms. The maximum atomic E-state index is 12.7. The van der Waals surface area contributed by atoms with Gasteiger partial charge in [-0.1, -0.05) is 18.2 Å². The first kappa shape index (κ1) is 17.2. The number of hydrogen-bond donors (Lipinski definition) is 0. The average molecular weight is 343 g/mol. The van der Waals surface area contributed by atoms with Gasteiger partial charge in [-0.2, -0.15) is 26.3 Å². The van der Waals surface area contributed by atoms with Crippen LogP contribution in [0.5, 0.6) is 0 Å². The van der Waals surface area contributed by atoms with Gasteiger partial charge in [-0.05, 0) is 12.1 Å². The van der Waals surface area contributed by atoms with Gasteiger partial charge in [0.25, 0.3) is 0 Å². The third kappa shape index (κ3) is 2.76. The summed E-state index contributed by atoms with van der Waals surface area (Å²) >= 11 is 0. The summed E-state index contributed by atoms with van der Waals surface area (Å²) in [6.45, 7) is 0. The minimum atomic E-state index is -4.24. The summed E-state index contributed by atoms with van der Waals surface area (Å²) in [5.74, 6) is 0. The Labute approximate surface area is 143 Å². The molecule has 0 N–H and O–H groups in total. The van der Waals surface area contributed by atoms with E-state index in [-0.39, 0.29) is 21.6 Å². The Bertz CT molecular complexity index is 1100. The molecule has 0 aliphatic heterocycles. The van der Waals surface area contributed by atoms with E-state index in [0.29, 0.717) is 0 Å². The van der Waals surface area contributed by atoms with Crippen molar-refractivity contribution >= 4 is 9.84 Å². The lowest BCUT2D eigenvalue weighted by molar-refractivity contribution is 0.603. The zero-order valence-electron chi connectivity index (χ0n) is 12.3. The van der Waals surface area contributed by atoms with Crippen molar-refractivity contribution in [3.63, 3.8) is 0 Å². The predicted molar refractivity (Wildman–Crippen MR) is 82.8 cm³/mol. The molecule has 0 saturated heterocycles. The van der Waals surface area contributed by atoms with Gasteiger partial charge in [0, 0.05) is 16.7 Å². The van der Waals surface area contributed by atoms with Gasteiger partial charge in [0.1, 0.15) is 41.5 Å². The van der Waals surface area contributed by atoms with Crippen LogP contribution in [0.3, 0.4) is 0 Å². The molecule has 0 unspecified atom stereocenters. The number of nitrogens with zero attached hydrogens (tertiary/aromatic N) is 5. The van der Waals surface area contributed by atoms with E-state index in [1.165, 1.54) is 24.3 Å². The van der Waals surface area contributed by atoms with Gasteiger partial charge in [0.2, 0.25) is 9.84 Å². The monoisotopic (exact) mass is 343 g/mol. The van der Waals surface area contributed by atoms with Gasteiger partial charge in [0.15, 0.2) is 4.91 Å². The normalized spacial score (nSPS) is 11.9. The molecular formula is C17H5N5O2S. The summed E-state index contributed by atoms with van der Waals surface area (Å²) in [6.07, 6.45) is 0. The lowest BCUT2D eigenvalue weighted by Gasteiger charge is -2.01. The molecule has 1 aromatic rings. The van der Waals surface area contributed by atoms with Crippen LogP contribution in [0.2, 0.25) is 0 Å². The summed E-state index contributed by atoms with van der Waals surface area (Å²) < 4.78 is 25.4. The molecule has 0 bridgehead atoms. The molecule has 1 aromatic carbocycles. The second-order valence-corrected chi connectivity index (χ2v) is 6.47. The Morgan fingerprint density at radius 1 is 0.680 bits per heavy atom. The smallest absolute Gasteiger partial charge is 0.217 e. The Morgan fingerprint density at radius 2 is 1.12 bits per heavy atom. The number of rotatable bonds is 2. The third-order valence-corrected chi connectivity index (χ3v) is 5.01. The summed E-state index contributed by atoms with van der Waals surface area (Å²) in [5, 5.41) is 45.4. The number of hydrogen-bond acceptors (Lipinski definition) is 7. The fraction of sp³-hybridized carbons (Fsp3) is 0. The maximum Gasteiger partial charge on any atom is 0.217 e. The average Bonchev–Trinajstić information content (AvgIpc) is 3.33. The third-order valence-electron chi connectivity index (χ3n) is 3.29. The second-order valence-electron chi connectivity index (χ2n) is 4.58. The quantitative estimate of drug-likeness (QED) is 0.743. The molecule has 0 heterocycles. The summed E-state index contributed by atoms with van der Waals surface area (Å²) in [6, 6.07) is 15.0. The highest BCUT2D eigenvalue weighted by Crippen LogP contribution is 2.51. The fourth-order valence-electron chi connectivity index (χ4n) is 2.16. The van der Waals surface area contributed by atoms with E-state index in [0.717, 1.165) is 0 Å². The summed E-state index contributed by atoms with van der Waals surface area (Å²) in [4.78, 5) is -0.870. The van der Waals surface area contributed by atoms with Crippen molar-refractivity contribution in [3.05, 3.63) is 63.1 Å². The van der Waals surface area contributed by atoms with E-state index in [1.807, 2.05) is 0 Å². The van der Waals surface area contributed by atoms with E-state index >= 15 is 0 Å². The van der Waals surface area contributed by atoms with Crippen LogP contribution in [0.4, 0.5) is 0 Å². The van der Waals surface area contributed by atoms with Gasteiger partial charge in [-0.25, -0.2) is 8.42 Å². The van der Waals surface area contributed by atoms with Gasteiger partial charge in [-0.3, -0.25) is 0 Å². The molecule has 25 heavy (non-hydrogen) atoms. The molecule has 1 saturated carbocycles. The summed E-state index contributed by atoms with van der Waals surface area (Å²) in [7, 11) is -4.24. The maximum absolute atomic E-state index is 12.7. The highest BCUT2D eigenvalue weighted by molar-refractivity contribution is 7.95. The van der Waals surface area contributed by atoms with Crippen molar-refractivity contribution in [2.45, 2.75) is 4.90 Å². The van der Waals surface area contributed by atoms with Crippen LogP contribution in [-0.2, 0) is 9.84 Å². The topological polar surface area (TPSA) is 153 Å². The van der Waals surface area contributed by atoms with Crippen LogP contribution in [0.15, 0.2) is 68.0 Å². The highest BCUT2D eigenvalue weighted by Gasteiger charge is 2.44. The van der Waals surface area contributed by atoms with Gasteiger partial charge in [0.05, 0.1) is 4.90 Å². The molecule has 0 aromatic heterocycles. The largest absolute Gasteiger partial charge is 0.218 e. The van der Waals surface area contributed by atoms with E-state index in [4.69, 9.17) is 21.0 Å². The van der Waals surface area contributed by atoms with Crippen molar-refractivity contribution in [2.24, 2.45) is 0 Å². The van der Waals surface area contributed by atoms with Gasteiger partial charge >= 0.3 is 0 Å². The number of allylic oxidation sites excluding steroid dienone is 6. The summed E-state index contributed by atoms with van der Waals surface area (Å²) in [5.41, 5.74) is -1.48. The molecule has 0 spiro atoms. The molecule has 2 rings (SSSR count). The first-order valence-corrected chi connectivity index (χ1v) is 8.00. The van der Waals surface area contributed by atoms with Crippen LogP contribution < -0.4 is 0 Å². The van der Waals surface area contributed by atoms with Gasteiger partial charge < -0.3 is 0 Å². The number of nitriles is 5. The molecule has 0 radical (unpaired) electrons. The fourth-order valence-corrected chi connectivity index (χ4v) is 3.50. The van der Waals surface area contributed by atoms with Crippen molar-refractivity contribution in [2.75, 3.05) is 0 Å². The minimum absolute atomic E-state index is 0.154. The minimum Gasteiger partial charge on any atom is -0.218 e. The van der Waals surface area contributed by atoms with Gasteiger partial charge in [-0.15, -0.1) is 0 Å². The van der Waals surface area contributed by atoms with Crippen molar-refractivity contribution in [3.8, 4) is 30.3 Å². The zero-order valence-corrected chi connectivity index (χ0v) is 13.2. The van der Waals surface area contributed by atoms with Crippen molar-refractivity contribution in [1.82, 2.24) is 0 Å². The Balaban J connectivity index is 2.92. The highest BCUT2D eigenvalue weighted by atomic mass is 32.2. The number of sulfone groups is 1. The van der Waals surface area contributed by atoms with Crippen LogP contribution in [0.1, 0.15) is 0 Å². The molecule has 116 valence electrons. The molecule has 7 nitrogen and oxygen atoms in total. The second kappa shape index (κ2) is 6.53. The number of benzene rings is 1. The van der Waals surface area contributed by atoms with E-state index < -0.39 is 25.9 Å². The standard InChI is InChI=1S/C17H5N5O2S/c18-6-11(7-19)15-16(12(8-20)9-21)17(15)14(10-22)25(23,24)13-4-2-1-3-5-13/h1-5H. The molecule has 1 aliphatic carbocycles. The van der Waals surface area contributed by atoms with Crippen LogP contribution in [-0.4, -0.2) is 8.42 Å². The first-order chi connectivity index (χ1) is 12.0. The molecule has 1 aliphatic rings. The predicted octanol–water partition coefficient (Wildman–Crippen LogP) is 1.94. The van der Waals surface area contributed by atoms with Crippen molar-refractivity contribution < 1.29 is 8.42 Å². The van der Waals surface area contributed by atoms with E-state index in [1.54, 1.807) is 36.4 Å². The molecular weight excluding hydrogens is 338 g/mol. The lowest BCUT2D eigenvalue weighted by Crippen LogP contribution is -2.03. The van der Waals surface area contributed by atoms with Crippen LogP contribution in [0.25, 0.3) is 0 Å². The Hall–Kier alpha value is -4.16. The Kier molecular flexibility index (Phi) is 4.49. The zero-order chi connectivity index (χ0) is 18.6. The first-order valence-electron chi connectivity index (χ1n) is 6.52. The van der Waals surface area contributed by atoms with Crippen LogP contribution >= 0.6 is 0 Å². The molecule has 1 fully saturated rings. The SMILES string of the molecule is N#CC(C#N)=C1C(=C(C#N)C#N)C1=C(C#N)S(=O)(=O)c1ccccc1. The Morgan fingerprint density at radius 3 is 1.48 bits per heavy atom. The van der Waals surface area contributed by atoms with Crippen molar-refractivity contribution in [1.29, 1.82) is 26.3 Å². The van der Waals surface area contributed by atoms with E-state index in [2.05, 4.69) is 0 Å². The molecule has 0 atom stereocenters. The van der Waals surface area contributed by atoms with E-state index in [9.17, 15) is 13.7 Å².